The summed E-state index contributed by atoms with van der Waals surface area (Å²) in [7, 11) is 0. The first-order chi connectivity index (χ1) is 9.69. The molecule has 0 bridgehead atoms. The minimum Gasteiger partial charge on any atom is -0.382 e. The van der Waals surface area contributed by atoms with Gasteiger partial charge in [0, 0.05) is 19.1 Å². The van der Waals surface area contributed by atoms with E-state index in [4.69, 9.17) is 5.73 Å². The van der Waals surface area contributed by atoms with Gasteiger partial charge in [0.05, 0.1) is 0 Å². The molecule has 0 spiro atoms. The molecule has 112 valence electrons. The average molecular weight is 276 g/mol. The molecule has 0 aromatic heterocycles. The second-order valence-corrected chi connectivity index (χ2v) is 5.98. The third-order valence-corrected chi connectivity index (χ3v) is 4.58. The SMILES string of the molecule is CCC1CCCCCN1CC(O)(CN)c1ccccc1. The minimum atomic E-state index is -0.932. The number of likely N-dealkylation sites (tertiary alicyclic amines) is 1. The Balaban J connectivity index is 2.15. The van der Waals surface area contributed by atoms with Crippen LogP contribution in [0.5, 0.6) is 0 Å². The first kappa shape index (κ1) is 15.5. The van der Waals surface area contributed by atoms with E-state index in [1.807, 2.05) is 30.3 Å². The zero-order chi connectivity index (χ0) is 14.4. The van der Waals surface area contributed by atoms with Gasteiger partial charge in [-0.05, 0) is 31.4 Å². The second kappa shape index (κ2) is 7.21. The van der Waals surface area contributed by atoms with Crippen LogP contribution in [-0.2, 0) is 5.60 Å². The lowest BCUT2D eigenvalue weighted by molar-refractivity contribution is -0.00604. The molecule has 1 aromatic carbocycles. The van der Waals surface area contributed by atoms with Gasteiger partial charge in [-0.25, -0.2) is 0 Å². The summed E-state index contributed by atoms with van der Waals surface area (Å²) in [6, 6.07) is 10.4. The van der Waals surface area contributed by atoms with Gasteiger partial charge in [-0.1, -0.05) is 50.1 Å². The van der Waals surface area contributed by atoms with E-state index in [9.17, 15) is 5.11 Å². The first-order valence-electron chi connectivity index (χ1n) is 7.91. The maximum atomic E-state index is 11.0. The Morgan fingerprint density at radius 3 is 2.65 bits per heavy atom. The number of aliphatic hydroxyl groups is 1. The Kier molecular flexibility index (Phi) is 5.58. The van der Waals surface area contributed by atoms with Crippen molar-refractivity contribution in [2.24, 2.45) is 5.73 Å². The molecule has 1 heterocycles. The standard InChI is InChI=1S/C17H28N2O/c1-2-16-11-7-4-8-12-19(16)14-17(20,13-18)15-9-5-3-6-10-15/h3,5-6,9-10,16,20H,2,4,7-8,11-14,18H2,1H3. The van der Waals surface area contributed by atoms with Gasteiger partial charge < -0.3 is 10.8 Å². The van der Waals surface area contributed by atoms with E-state index < -0.39 is 5.60 Å². The molecule has 2 atom stereocenters. The van der Waals surface area contributed by atoms with Gasteiger partial charge in [0.1, 0.15) is 5.60 Å². The summed E-state index contributed by atoms with van der Waals surface area (Å²) in [5.74, 6) is 0. The van der Waals surface area contributed by atoms with Crippen LogP contribution in [0.15, 0.2) is 30.3 Å². The fraction of sp³-hybridized carbons (Fsp3) is 0.647. The Bertz CT molecular complexity index is 395. The molecule has 1 aliphatic rings. The van der Waals surface area contributed by atoms with Crippen LogP contribution in [0.4, 0.5) is 0 Å². The zero-order valence-electron chi connectivity index (χ0n) is 12.6. The Morgan fingerprint density at radius 1 is 1.25 bits per heavy atom. The van der Waals surface area contributed by atoms with Crippen LogP contribution >= 0.6 is 0 Å². The van der Waals surface area contributed by atoms with E-state index >= 15 is 0 Å². The molecule has 3 heteroatoms. The van der Waals surface area contributed by atoms with E-state index in [0.717, 1.165) is 18.5 Å². The zero-order valence-corrected chi connectivity index (χ0v) is 12.6. The van der Waals surface area contributed by atoms with E-state index in [1.165, 1.54) is 25.7 Å². The van der Waals surface area contributed by atoms with Crippen molar-refractivity contribution < 1.29 is 5.11 Å². The van der Waals surface area contributed by atoms with Crippen LogP contribution < -0.4 is 5.73 Å². The fourth-order valence-corrected chi connectivity index (χ4v) is 3.27. The Labute approximate surface area is 122 Å². The number of benzene rings is 1. The molecule has 1 aliphatic heterocycles. The van der Waals surface area contributed by atoms with Gasteiger partial charge in [-0.15, -0.1) is 0 Å². The normalized spacial score (nSPS) is 24.1. The summed E-state index contributed by atoms with van der Waals surface area (Å²) >= 11 is 0. The number of rotatable bonds is 5. The predicted molar refractivity (Wildman–Crippen MR) is 83.5 cm³/mol. The quantitative estimate of drug-likeness (QED) is 0.868. The maximum absolute atomic E-state index is 11.0. The molecular formula is C17H28N2O. The van der Waals surface area contributed by atoms with E-state index in [1.54, 1.807) is 0 Å². The van der Waals surface area contributed by atoms with Crippen LogP contribution in [0.25, 0.3) is 0 Å². The van der Waals surface area contributed by atoms with Crippen molar-refractivity contribution in [2.45, 2.75) is 50.7 Å². The largest absolute Gasteiger partial charge is 0.382 e. The van der Waals surface area contributed by atoms with Gasteiger partial charge in [0.15, 0.2) is 0 Å². The van der Waals surface area contributed by atoms with Crippen molar-refractivity contribution in [1.29, 1.82) is 0 Å². The second-order valence-electron chi connectivity index (χ2n) is 5.98. The van der Waals surface area contributed by atoms with Crippen molar-refractivity contribution >= 4 is 0 Å². The minimum absolute atomic E-state index is 0.268. The fourth-order valence-electron chi connectivity index (χ4n) is 3.27. The summed E-state index contributed by atoms with van der Waals surface area (Å²) in [5, 5.41) is 11.0. The topological polar surface area (TPSA) is 49.5 Å². The highest BCUT2D eigenvalue weighted by molar-refractivity contribution is 5.23. The molecule has 0 saturated carbocycles. The number of nitrogens with zero attached hydrogens (tertiary/aromatic N) is 1. The highest BCUT2D eigenvalue weighted by atomic mass is 16.3. The maximum Gasteiger partial charge on any atom is 0.114 e. The van der Waals surface area contributed by atoms with Crippen molar-refractivity contribution in [1.82, 2.24) is 4.90 Å². The van der Waals surface area contributed by atoms with Crippen LogP contribution in [0, 0.1) is 0 Å². The molecule has 3 nitrogen and oxygen atoms in total. The summed E-state index contributed by atoms with van der Waals surface area (Å²) in [6.07, 6.45) is 6.23. The molecule has 2 rings (SSSR count). The summed E-state index contributed by atoms with van der Waals surface area (Å²) in [4.78, 5) is 2.45. The van der Waals surface area contributed by atoms with Crippen LogP contribution in [0.3, 0.4) is 0 Å². The summed E-state index contributed by atoms with van der Waals surface area (Å²) in [5.41, 5.74) is 5.91. The molecule has 0 amide bonds. The lowest BCUT2D eigenvalue weighted by atomic mass is 9.92. The lowest BCUT2D eigenvalue weighted by Crippen LogP contribution is -2.49. The third-order valence-electron chi connectivity index (χ3n) is 4.58. The number of β-amino-alcohol motifs (C(OH)–C–C–N with tert-alkyl or cyclic N) is 1. The van der Waals surface area contributed by atoms with E-state index in [0.29, 0.717) is 12.6 Å². The average Bonchev–Trinajstić information content (AvgIpc) is 2.73. The van der Waals surface area contributed by atoms with Gasteiger partial charge in [-0.3, -0.25) is 4.90 Å². The van der Waals surface area contributed by atoms with Crippen LogP contribution in [-0.4, -0.2) is 35.7 Å². The molecule has 0 aliphatic carbocycles. The van der Waals surface area contributed by atoms with Gasteiger partial charge in [0.2, 0.25) is 0 Å². The molecule has 0 radical (unpaired) electrons. The predicted octanol–water partition coefficient (Wildman–Crippen LogP) is 2.49. The van der Waals surface area contributed by atoms with Crippen molar-refractivity contribution in [2.75, 3.05) is 19.6 Å². The molecule has 1 saturated heterocycles. The molecule has 2 unspecified atom stereocenters. The van der Waals surface area contributed by atoms with Crippen molar-refractivity contribution in [3.8, 4) is 0 Å². The van der Waals surface area contributed by atoms with Gasteiger partial charge in [-0.2, -0.15) is 0 Å². The summed E-state index contributed by atoms with van der Waals surface area (Å²) in [6.45, 7) is 4.23. The van der Waals surface area contributed by atoms with E-state index in [-0.39, 0.29) is 6.54 Å². The lowest BCUT2D eigenvalue weighted by Gasteiger charge is -2.37. The first-order valence-corrected chi connectivity index (χ1v) is 7.91. The third kappa shape index (κ3) is 3.60. The molecular weight excluding hydrogens is 248 g/mol. The Morgan fingerprint density at radius 2 is 2.00 bits per heavy atom. The monoisotopic (exact) mass is 276 g/mol. The van der Waals surface area contributed by atoms with Crippen molar-refractivity contribution in [3.05, 3.63) is 35.9 Å². The van der Waals surface area contributed by atoms with E-state index in [2.05, 4.69) is 11.8 Å². The van der Waals surface area contributed by atoms with Crippen LogP contribution in [0.2, 0.25) is 0 Å². The highest BCUT2D eigenvalue weighted by Crippen LogP contribution is 2.26. The summed E-state index contributed by atoms with van der Waals surface area (Å²) < 4.78 is 0. The molecule has 3 N–H and O–H groups in total. The smallest absolute Gasteiger partial charge is 0.114 e. The van der Waals surface area contributed by atoms with Crippen molar-refractivity contribution in [3.63, 3.8) is 0 Å². The Hall–Kier alpha value is -0.900. The number of nitrogens with two attached hydrogens (primary N) is 1. The number of hydrogen-bond acceptors (Lipinski definition) is 3. The van der Waals surface area contributed by atoms with Crippen LogP contribution in [0.1, 0.15) is 44.6 Å². The van der Waals surface area contributed by atoms with Gasteiger partial charge >= 0.3 is 0 Å². The molecule has 1 aromatic rings. The highest BCUT2D eigenvalue weighted by Gasteiger charge is 2.32. The van der Waals surface area contributed by atoms with Gasteiger partial charge in [0.25, 0.3) is 0 Å². The number of hydrogen-bond donors (Lipinski definition) is 2. The molecule has 20 heavy (non-hydrogen) atoms. The molecule has 1 fully saturated rings.